The molecule has 14 nitrogen and oxygen atoms in total. The number of pyridine rings is 1. The fourth-order valence-electron chi connectivity index (χ4n) is 6.04. The maximum absolute atomic E-state index is 14.0. The predicted molar refractivity (Wildman–Crippen MR) is 210 cm³/mol. The maximum atomic E-state index is 14.0. The van der Waals surface area contributed by atoms with Crippen LogP contribution >= 0.6 is 0 Å². The Morgan fingerprint density at radius 3 is 2.45 bits per heavy atom. The van der Waals surface area contributed by atoms with Crippen molar-refractivity contribution in [2.24, 2.45) is 5.73 Å². The van der Waals surface area contributed by atoms with E-state index in [4.69, 9.17) is 10.5 Å². The van der Waals surface area contributed by atoms with E-state index in [1.165, 1.54) is 55.8 Å². The van der Waals surface area contributed by atoms with Crippen LogP contribution in [0.5, 0.6) is 11.5 Å². The van der Waals surface area contributed by atoms with Crippen molar-refractivity contribution >= 4 is 56.0 Å². The van der Waals surface area contributed by atoms with E-state index in [0.717, 1.165) is 25.7 Å². The van der Waals surface area contributed by atoms with Gasteiger partial charge in [-0.05, 0) is 92.0 Å². The fourth-order valence-corrected chi connectivity index (χ4v) is 7.46. The van der Waals surface area contributed by atoms with Crippen LogP contribution in [-0.2, 0) is 14.6 Å². The van der Waals surface area contributed by atoms with Crippen LogP contribution in [0.4, 0.5) is 17.1 Å². The number of hydrogen-bond donors (Lipinski definition) is 7. The summed E-state index contributed by atoms with van der Waals surface area (Å²) in [6.45, 7) is 3.10. The average Bonchev–Trinajstić information content (AvgIpc) is 3.18. The molecule has 55 heavy (non-hydrogen) atoms. The lowest BCUT2D eigenvalue weighted by Crippen LogP contribution is -2.25. The molecule has 4 aromatic carbocycles. The number of amides is 3. The Balaban J connectivity index is 1.18. The van der Waals surface area contributed by atoms with Crippen LogP contribution in [0.3, 0.4) is 0 Å². The number of sulfone groups is 1. The van der Waals surface area contributed by atoms with Crippen molar-refractivity contribution in [2.45, 2.75) is 48.5 Å². The second kappa shape index (κ2) is 18.3. The largest absolute Gasteiger partial charge is 0.506 e. The molecule has 0 radical (unpaired) electrons. The van der Waals surface area contributed by atoms with E-state index >= 15 is 0 Å². The summed E-state index contributed by atoms with van der Waals surface area (Å²) in [5.41, 5.74) is 8.67. The summed E-state index contributed by atoms with van der Waals surface area (Å²) in [4.78, 5) is 40.5. The Morgan fingerprint density at radius 2 is 1.71 bits per heavy atom. The van der Waals surface area contributed by atoms with Crippen molar-refractivity contribution in [1.82, 2.24) is 15.6 Å². The van der Waals surface area contributed by atoms with Crippen LogP contribution in [0.2, 0.25) is 0 Å². The lowest BCUT2D eigenvalue weighted by atomic mass is 10.1. The number of unbranched alkanes of at least 4 members (excludes halogenated alkanes) is 3. The van der Waals surface area contributed by atoms with Gasteiger partial charge < -0.3 is 42.0 Å². The molecule has 0 aliphatic heterocycles. The first kappa shape index (κ1) is 40.2. The molecule has 288 valence electrons. The number of methoxy groups -OCH3 is 1. The summed E-state index contributed by atoms with van der Waals surface area (Å²) < 4.78 is 33.4. The Hall–Kier alpha value is -6.03. The van der Waals surface area contributed by atoms with E-state index in [2.05, 4.69) is 26.3 Å². The number of aliphatic hydroxyl groups is 1. The molecule has 15 heteroatoms. The smallest absolute Gasteiger partial charge is 0.252 e. The third-order valence-electron chi connectivity index (χ3n) is 8.98. The molecule has 0 saturated carbocycles. The van der Waals surface area contributed by atoms with Gasteiger partial charge in [-0.15, -0.1) is 0 Å². The van der Waals surface area contributed by atoms with Crippen molar-refractivity contribution in [3.63, 3.8) is 0 Å². The zero-order valence-electron chi connectivity index (χ0n) is 30.5. The van der Waals surface area contributed by atoms with E-state index in [0.29, 0.717) is 65.2 Å². The minimum Gasteiger partial charge on any atom is -0.506 e. The molecule has 3 amide bonds. The Bertz CT molecular complexity index is 2300. The van der Waals surface area contributed by atoms with Crippen LogP contribution < -0.4 is 31.7 Å². The number of benzene rings is 4. The number of aliphatic hydroxyl groups excluding tert-OH is 1. The molecule has 0 aliphatic carbocycles. The van der Waals surface area contributed by atoms with Gasteiger partial charge in [0.25, 0.3) is 11.8 Å². The highest BCUT2D eigenvalue weighted by atomic mass is 32.2. The number of primary amides is 1. The van der Waals surface area contributed by atoms with E-state index in [-0.39, 0.29) is 32.4 Å². The number of nitrogens with two attached hydrogens (primary N) is 1. The number of aromatic nitrogens is 1. The SMILES string of the molecule is COc1cccc(Nc2c(C(N)=O)cnc3c(C)cc(S(=O)(=O)c4cccc(C(=O)NCCCCCCNCC(O)c5ccc(O)c(NC=O)c5)c4)cc23)c1. The molecule has 1 atom stereocenters. The molecule has 1 unspecified atom stereocenters. The lowest BCUT2D eigenvalue weighted by molar-refractivity contribution is -0.105. The van der Waals surface area contributed by atoms with Gasteiger partial charge in [0.1, 0.15) is 11.5 Å². The summed E-state index contributed by atoms with van der Waals surface area (Å²) in [6, 6.07) is 20.3. The Labute approximate surface area is 319 Å². The molecular weight excluding hydrogens is 725 g/mol. The minimum atomic E-state index is -4.13. The number of nitrogens with one attached hydrogen (secondary N) is 4. The molecule has 0 saturated heterocycles. The number of rotatable bonds is 19. The number of aryl methyl sites for hydroxylation is 1. The number of anilines is 3. The Kier molecular flexibility index (Phi) is 13.4. The van der Waals surface area contributed by atoms with Crippen LogP contribution in [0, 0.1) is 6.92 Å². The second-order valence-corrected chi connectivity index (χ2v) is 14.8. The molecule has 5 rings (SSSR count). The van der Waals surface area contributed by atoms with Gasteiger partial charge in [-0.1, -0.05) is 31.0 Å². The van der Waals surface area contributed by atoms with Crippen molar-refractivity contribution in [2.75, 3.05) is 37.4 Å². The summed E-state index contributed by atoms with van der Waals surface area (Å²) in [5.74, 6) is -0.657. The van der Waals surface area contributed by atoms with Crippen molar-refractivity contribution in [3.05, 3.63) is 107 Å². The van der Waals surface area contributed by atoms with Crippen LogP contribution in [0.1, 0.15) is 63.6 Å². The maximum Gasteiger partial charge on any atom is 0.252 e. The standard InChI is InChI=1S/C40H44N6O8S/c1-25-17-31(21-32-37(25)44-22-33(39(41)50)38(32)46-28-10-8-11-29(20-28)54-2)55(52,53)30-12-7-9-27(18-30)40(51)43-16-6-4-3-5-15-42-23-36(49)26-13-14-35(48)34(19-26)45-24-47/h7-14,17-22,24,36,42,48-49H,3-6,15-16,23H2,1-2H3,(H2,41,50)(H,43,51)(H,44,46)(H,45,47). The summed E-state index contributed by atoms with van der Waals surface area (Å²) >= 11 is 0. The second-order valence-electron chi connectivity index (χ2n) is 12.9. The number of aromatic hydroxyl groups is 1. The fraction of sp³-hybridized carbons (Fsp3) is 0.250. The monoisotopic (exact) mass is 768 g/mol. The third kappa shape index (κ3) is 9.94. The molecule has 0 bridgehead atoms. The number of nitrogens with zero attached hydrogens (tertiary/aromatic N) is 1. The van der Waals surface area contributed by atoms with Gasteiger partial charge in [0.2, 0.25) is 16.2 Å². The topological polar surface area (TPSA) is 222 Å². The Morgan fingerprint density at radius 1 is 0.945 bits per heavy atom. The first-order valence-corrected chi connectivity index (χ1v) is 19.1. The number of carbonyl (C=O) groups excluding carboxylic acids is 3. The van der Waals surface area contributed by atoms with Crippen LogP contribution in [0.25, 0.3) is 10.9 Å². The first-order valence-electron chi connectivity index (χ1n) is 17.6. The van der Waals surface area contributed by atoms with Gasteiger partial charge in [0.15, 0.2) is 0 Å². The van der Waals surface area contributed by atoms with Crippen molar-refractivity contribution in [1.29, 1.82) is 0 Å². The van der Waals surface area contributed by atoms with Crippen LogP contribution in [0.15, 0.2) is 94.9 Å². The summed E-state index contributed by atoms with van der Waals surface area (Å²) in [6.07, 6.45) is 4.29. The molecule has 0 aliphatic rings. The minimum absolute atomic E-state index is 0.0439. The molecule has 0 spiro atoms. The van der Waals surface area contributed by atoms with Crippen molar-refractivity contribution in [3.8, 4) is 11.5 Å². The van der Waals surface area contributed by atoms with Crippen molar-refractivity contribution < 1.29 is 37.8 Å². The van der Waals surface area contributed by atoms with E-state index < -0.39 is 27.8 Å². The molecule has 8 N–H and O–H groups in total. The number of ether oxygens (including phenoxy) is 1. The number of phenols is 1. The number of hydrogen-bond acceptors (Lipinski definition) is 11. The number of carbonyl (C=O) groups is 3. The molecule has 1 aromatic heterocycles. The normalized spacial score (nSPS) is 11.8. The lowest BCUT2D eigenvalue weighted by Gasteiger charge is -2.16. The highest BCUT2D eigenvalue weighted by Gasteiger charge is 2.23. The third-order valence-corrected chi connectivity index (χ3v) is 10.7. The number of fused-ring (bicyclic) bond motifs is 1. The van der Waals surface area contributed by atoms with Gasteiger partial charge >= 0.3 is 0 Å². The molecular formula is C40H44N6O8S. The van der Waals surface area contributed by atoms with E-state index in [1.54, 1.807) is 43.3 Å². The summed E-state index contributed by atoms with van der Waals surface area (Å²) in [7, 11) is -2.60. The van der Waals surface area contributed by atoms with Gasteiger partial charge in [-0.2, -0.15) is 0 Å². The van der Waals surface area contributed by atoms with Gasteiger partial charge in [-0.25, -0.2) is 8.42 Å². The van der Waals surface area contributed by atoms with E-state index in [1.807, 2.05) is 0 Å². The highest BCUT2D eigenvalue weighted by molar-refractivity contribution is 7.91. The molecule has 1 heterocycles. The zero-order chi connectivity index (χ0) is 39.5. The summed E-state index contributed by atoms with van der Waals surface area (Å²) in [5, 5.41) is 32.2. The molecule has 0 fully saturated rings. The van der Waals surface area contributed by atoms with Gasteiger partial charge in [0, 0.05) is 42.0 Å². The zero-order valence-corrected chi connectivity index (χ0v) is 31.3. The predicted octanol–water partition coefficient (Wildman–Crippen LogP) is 5.11. The van der Waals surface area contributed by atoms with Gasteiger partial charge in [-0.3, -0.25) is 19.4 Å². The molecule has 5 aromatic rings. The first-order chi connectivity index (χ1) is 26.4. The number of phenolic OH excluding ortho intramolecular Hbond substituents is 1. The quantitative estimate of drug-likeness (QED) is 0.0332. The van der Waals surface area contributed by atoms with Gasteiger partial charge in [0.05, 0.1) is 45.5 Å². The highest BCUT2D eigenvalue weighted by Crippen LogP contribution is 2.35. The average molecular weight is 769 g/mol. The van der Waals surface area contributed by atoms with E-state index in [9.17, 15) is 33.0 Å². The van der Waals surface area contributed by atoms with Crippen LogP contribution in [-0.4, -0.2) is 68.6 Å².